The van der Waals surface area contributed by atoms with Crippen LogP contribution in [0.25, 0.3) is 10.9 Å². The van der Waals surface area contributed by atoms with Crippen LogP contribution in [0, 0.1) is 0 Å². The summed E-state index contributed by atoms with van der Waals surface area (Å²) < 4.78 is 38.7. The number of hydrogen-bond acceptors (Lipinski definition) is 2. The fraction of sp³-hybridized carbons (Fsp3) is 0.308. The van der Waals surface area contributed by atoms with Gasteiger partial charge in [-0.25, -0.2) is 0 Å². The maximum Gasteiger partial charge on any atom is 0.418 e. The molecule has 0 spiro atoms. The van der Waals surface area contributed by atoms with Crippen LogP contribution in [-0.2, 0) is 12.6 Å². The Balaban J connectivity index is 2.74. The number of rotatable bonds is 2. The normalized spacial score (nSPS) is 12.0. The summed E-state index contributed by atoms with van der Waals surface area (Å²) in [6.45, 7) is 1.94. The number of hydrogen-bond donors (Lipinski definition) is 1. The van der Waals surface area contributed by atoms with Gasteiger partial charge in [0, 0.05) is 16.8 Å². The van der Waals surface area contributed by atoms with Crippen LogP contribution in [-0.4, -0.2) is 4.98 Å². The van der Waals surface area contributed by atoms with Crippen LogP contribution in [0.1, 0.15) is 24.6 Å². The van der Waals surface area contributed by atoms with Crippen molar-refractivity contribution in [3.63, 3.8) is 0 Å². The molecule has 5 heteroatoms. The molecule has 0 amide bonds. The quantitative estimate of drug-likeness (QED) is 0.885. The van der Waals surface area contributed by atoms with E-state index in [4.69, 9.17) is 5.73 Å². The Morgan fingerprint density at radius 1 is 1.28 bits per heavy atom. The minimum absolute atomic E-state index is 0.0616. The molecule has 2 N–H and O–H groups in total. The molecule has 2 nitrogen and oxygen atoms in total. The summed E-state index contributed by atoms with van der Waals surface area (Å²) in [5.41, 5.74) is 5.94. The van der Waals surface area contributed by atoms with E-state index in [9.17, 15) is 13.2 Å². The lowest BCUT2D eigenvalue weighted by atomic mass is 10.1. The third kappa shape index (κ3) is 2.25. The highest BCUT2D eigenvalue weighted by molar-refractivity contribution is 5.92. The number of alkyl halides is 3. The fourth-order valence-electron chi connectivity index (χ4n) is 1.94. The lowest BCUT2D eigenvalue weighted by Gasteiger charge is -2.12. The van der Waals surface area contributed by atoms with E-state index in [-0.39, 0.29) is 5.52 Å². The third-order valence-electron chi connectivity index (χ3n) is 2.74. The Kier molecular flexibility index (Phi) is 3.15. The standard InChI is InChI=1S/C13H13F3N2/c1-2-4-8-7-11(17)9-5-3-6-10(12(9)18-8)13(14,15)16/h3,5-7H,2,4H2,1H3,(H2,17,18). The highest BCUT2D eigenvalue weighted by Gasteiger charge is 2.33. The van der Waals surface area contributed by atoms with Gasteiger partial charge >= 0.3 is 6.18 Å². The van der Waals surface area contributed by atoms with E-state index in [0.717, 1.165) is 12.5 Å². The Hall–Kier alpha value is -1.78. The molecule has 0 saturated heterocycles. The number of benzene rings is 1. The van der Waals surface area contributed by atoms with Crippen LogP contribution >= 0.6 is 0 Å². The SMILES string of the molecule is CCCc1cc(N)c2cccc(C(F)(F)F)c2n1. The Labute approximate surface area is 103 Å². The van der Waals surface area contributed by atoms with Crippen molar-refractivity contribution in [1.29, 1.82) is 0 Å². The van der Waals surface area contributed by atoms with E-state index in [1.54, 1.807) is 12.1 Å². The molecule has 1 aromatic carbocycles. The van der Waals surface area contributed by atoms with Crippen LogP contribution in [0.5, 0.6) is 0 Å². The number of nitrogen functional groups attached to an aromatic ring is 1. The molecule has 2 rings (SSSR count). The summed E-state index contributed by atoms with van der Waals surface area (Å²) in [4.78, 5) is 4.09. The molecule has 0 bridgehead atoms. The molecule has 0 aliphatic carbocycles. The third-order valence-corrected chi connectivity index (χ3v) is 2.74. The van der Waals surface area contributed by atoms with Crippen LogP contribution in [0.2, 0.25) is 0 Å². The Morgan fingerprint density at radius 3 is 2.61 bits per heavy atom. The van der Waals surface area contributed by atoms with E-state index in [0.29, 0.717) is 23.2 Å². The van der Waals surface area contributed by atoms with Crippen molar-refractivity contribution in [3.05, 3.63) is 35.5 Å². The first-order valence-corrected chi connectivity index (χ1v) is 5.68. The van der Waals surface area contributed by atoms with Crippen molar-refractivity contribution < 1.29 is 13.2 Å². The molecular weight excluding hydrogens is 241 g/mol. The largest absolute Gasteiger partial charge is 0.418 e. The minimum atomic E-state index is -4.41. The number of para-hydroxylation sites is 1. The van der Waals surface area contributed by atoms with Crippen molar-refractivity contribution in [2.75, 3.05) is 5.73 Å². The number of aryl methyl sites for hydroxylation is 1. The van der Waals surface area contributed by atoms with Crippen LogP contribution in [0.15, 0.2) is 24.3 Å². The van der Waals surface area contributed by atoms with Crippen molar-refractivity contribution >= 4 is 16.6 Å². The molecule has 2 aromatic rings. The number of pyridine rings is 1. The number of nitrogens with zero attached hydrogens (tertiary/aromatic N) is 1. The van der Waals surface area contributed by atoms with E-state index < -0.39 is 11.7 Å². The highest BCUT2D eigenvalue weighted by Crippen LogP contribution is 2.35. The van der Waals surface area contributed by atoms with Gasteiger partial charge in [-0.05, 0) is 18.6 Å². The van der Waals surface area contributed by atoms with Crippen molar-refractivity contribution in [3.8, 4) is 0 Å². The summed E-state index contributed by atoms with van der Waals surface area (Å²) in [7, 11) is 0. The molecule has 0 fully saturated rings. The van der Waals surface area contributed by atoms with Gasteiger partial charge in [-0.15, -0.1) is 0 Å². The maximum absolute atomic E-state index is 12.9. The number of fused-ring (bicyclic) bond motifs is 1. The molecule has 96 valence electrons. The van der Waals surface area contributed by atoms with Crippen molar-refractivity contribution in [1.82, 2.24) is 4.98 Å². The zero-order valence-electron chi connectivity index (χ0n) is 9.88. The van der Waals surface area contributed by atoms with Crippen LogP contribution in [0.3, 0.4) is 0 Å². The van der Waals surface area contributed by atoms with Gasteiger partial charge < -0.3 is 5.73 Å². The number of nitrogens with two attached hydrogens (primary N) is 1. The first kappa shape index (κ1) is 12.7. The van der Waals surface area contributed by atoms with Gasteiger partial charge in [0.25, 0.3) is 0 Å². The second-order valence-corrected chi connectivity index (χ2v) is 4.15. The summed E-state index contributed by atoms with van der Waals surface area (Å²) in [6.07, 6.45) is -2.98. The molecule has 0 aliphatic rings. The first-order valence-electron chi connectivity index (χ1n) is 5.68. The van der Waals surface area contributed by atoms with Crippen LogP contribution in [0.4, 0.5) is 18.9 Å². The Morgan fingerprint density at radius 2 is 2.00 bits per heavy atom. The summed E-state index contributed by atoms with van der Waals surface area (Å²) in [5.74, 6) is 0. The van der Waals surface area contributed by atoms with E-state index in [2.05, 4.69) is 4.98 Å². The number of halogens is 3. The highest BCUT2D eigenvalue weighted by atomic mass is 19.4. The van der Waals surface area contributed by atoms with Gasteiger partial charge in [-0.1, -0.05) is 25.5 Å². The molecule has 18 heavy (non-hydrogen) atoms. The van der Waals surface area contributed by atoms with Gasteiger partial charge in [-0.2, -0.15) is 13.2 Å². The number of aromatic nitrogens is 1. The monoisotopic (exact) mass is 254 g/mol. The second-order valence-electron chi connectivity index (χ2n) is 4.15. The zero-order valence-corrected chi connectivity index (χ0v) is 9.88. The molecule has 1 aromatic heterocycles. The van der Waals surface area contributed by atoms with Gasteiger partial charge in [-0.3, -0.25) is 4.98 Å². The minimum Gasteiger partial charge on any atom is -0.398 e. The van der Waals surface area contributed by atoms with Gasteiger partial charge in [0.15, 0.2) is 0 Å². The first-order chi connectivity index (χ1) is 8.43. The molecule has 1 heterocycles. The van der Waals surface area contributed by atoms with Crippen molar-refractivity contribution in [2.24, 2.45) is 0 Å². The lowest BCUT2D eigenvalue weighted by molar-refractivity contribution is -0.136. The topological polar surface area (TPSA) is 38.9 Å². The molecule has 0 atom stereocenters. The summed E-state index contributed by atoms with van der Waals surface area (Å²) in [6, 6.07) is 5.59. The van der Waals surface area contributed by atoms with E-state index >= 15 is 0 Å². The van der Waals surface area contributed by atoms with Gasteiger partial charge in [0.2, 0.25) is 0 Å². The Bertz CT molecular complexity index is 576. The molecule has 0 unspecified atom stereocenters. The zero-order chi connectivity index (χ0) is 13.3. The predicted octanol–water partition coefficient (Wildman–Crippen LogP) is 3.79. The average molecular weight is 254 g/mol. The summed E-state index contributed by atoms with van der Waals surface area (Å²) >= 11 is 0. The van der Waals surface area contributed by atoms with Gasteiger partial charge in [0.05, 0.1) is 11.1 Å². The predicted molar refractivity (Wildman–Crippen MR) is 65.2 cm³/mol. The average Bonchev–Trinajstić information content (AvgIpc) is 2.27. The lowest BCUT2D eigenvalue weighted by Crippen LogP contribution is -2.08. The maximum atomic E-state index is 12.9. The van der Waals surface area contributed by atoms with Gasteiger partial charge in [0.1, 0.15) is 0 Å². The second kappa shape index (κ2) is 4.48. The van der Waals surface area contributed by atoms with E-state index in [1.807, 2.05) is 6.92 Å². The molecule has 0 saturated carbocycles. The van der Waals surface area contributed by atoms with E-state index in [1.165, 1.54) is 6.07 Å². The summed E-state index contributed by atoms with van der Waals surface area (Å²) in [5, 5.41) is 0.352. The molecular formula is C13H13F3N2. The number of anilines is 1. The fourth-order valence-corrected chi connectivity index (χ4v) is 1.94. The smallest absolute Gasteiger partial charge is 0.398 e. The van der Waals surface area contributed by atoms with Crippen LogP contribution < -0.4 is 5.73 Å². The van der Waals surface area contributed by atoms with Crippen molar-refractivity contribution in [2.45, 2.75) is 25.9 Å². The molecule has 0 radical (unpaired) electrons. The molecule has 0 aliphatic heterocycles.